The van der Waals surface area contributed by atoms with E-state index in [0.29, 0.717) is 5.13 Å². The summed E-state index contributed by atoms with van der Waals surface area (Å²) in [5, 5.41) is 0.713. The molecular weight excluding hydrogens is 557 g/mol. The first kappa shape index (κ1) is 63.1. The van der Waals surface area contributed by atoms with Crippen molar-refractivity contribution < 1.29 is 96.2 Å². The first-order valence-corrected chi connectivity index (χ1v) is 5.93. The van der Waals surface area contributed by atoms with Gasteiger partial charge in [0.2, 0.25) is 0 Å². The summed E-state index contributed by atoms with van der Waals surface area (Å²) in [7, 11) is 2.12. The van der Waals surface area contributed by atoms with Crippen molar-refractivity contribution in [2.75, 3.05) is 19.3 Å². The number of thiazole rings is 1. The van der Waals surface area contributed by atoms with Crippen molar-refractivity contribution in [3.8, 4) is 0 Å². The minimum absolute atomic E-state index is 0. The van der Waals surface area contributed by atoms with Gasteiger partial charge in [0.05, 0.1) is 5.69 Å². The molecule has 0 aromatic carbocycles. The smallest absolute Gasteiger partial charge is 0.180 e. The number of halogens is 21. The van der Waals surface area contributed by atoms with E-state index in [2.05, 4.69) is 16.9 Å². The molecule has 0 bridgehead atoms. The maximum Gasteiger partial charge on any atom is 0.180 e. The first-order valence-electron chi connectivity index (χ1n) is 5.11. The number of hydrogen-bond acceptors (Lipinski definition) is 4. The van der Waals surface area contributed by atoms with Gasteiger partial charge in [0.1, 0.15) is 0 Å². The van der Waals surface area contributed by atoms with Crippen molar-refractivity contribution in [1.29, 1.82) is 0 Å². The highest BCUT2D eigenvalue weighted by Gasteiger charge is 2.16. The Morgan fingerprint density at radius 3 is 1.22 bits per heavy atom. The van der Waals surface area contributed by atoms with Crippen molar-refractivity contribution in [1.82, 2.24) is 9.88 Å². The zero-order chi connectivity index (χ0) is 27.8. The topological polar surface area (TPSA) is 42.2 Å². The summed E-state index contributed by atoms with van der Waals surface area (Å²) in [5.41, 5.74) is 6.81. The van der Waals surface area contributed by atoms with Crippen molar-refractivity contribution in [3.63, 3.8) is 0 Å². The van der Waals surface area contributed by atoms with Gasteiger partial charge in [-0.25, -0.2) is 4.98 Å². The molecule has 1 aliphatic heterocycles. The van der Waals surface area contributed by atoms with Crippen molar-refractivity contribution in [2.24, 2.45) is 0 Å². The number of nitrogens with zero attached hydrogens (tertiary/aromatic N) is 2. The van der Waals surface area contributed by atoms with E-state index in [0.717, 1.165) is 19.5 Å². The van der Waals surface area contributed by atoms with Crippen LogP contribution in [-0.4, -0.2) is 23.5 Å². The molecular formula is C7H12F21N3S. The summed E-state index contributed by atoms with van der Waals surface area (Å²) in [6, 6.07) is 0. The number of rotatable bonds is 0. The third-order valence-corrected chi connectivity index (χ3v) is 2.85. The van der Waals surface area contributed by atoms with Gasteiger partial charge in [-0.15, -0.1) is 11.3 Å². The van der Waals surface area contributed by atoms with Crippen molar-refractivity contribution in [3.05, 3.63) is 10.6 Å². The van der Waals surface area contributed by atoms with E-state index in [1.54, 1.807) is 11.3 Å². The summed E-state index contributed by atoms with van der Waals surface area (Å²) >= 11 is 1.62. The fourth-order valence-corrected chi connectivity index (χ4v) is 2.30. The van der Waals surface area contributed by atoms with E-state index in [9.17, 15) is 0 Å². The highest BCUT2D eigenvalue weighted by atomic mass is 32.1. The highest BCUT2D eigenvalue weighted by molar-refractivity contribution is 7.15. The molecule has 0 aliphatic carbocycles. The van der Waals surface area contributed by atoms with Crippen LogP contribution in [-0.2, 0) is 13.0 Å². The largest absolute Gasteiger partial charge is 0.375 e. The van der Waals surface area contributed by atoms with Gasteiger partial charge in [-0.2, -0.15) is 0 Å². The number of aromatic nitrogens is 1. The molecule has 1 aliphatic rings. The average Bonchev–Trinajstić information content (AvgIpc) is 3.30. The predicted octanol–water partition coefficient (Wildman–Crippen LogP) is 9.27. The monoisotopic (exact) mass is 569 g/mol. The fourth-order valence-electron chi connectivity index (χ4n) is 1.34. The van der Waals surface area contributed by atoms with Crippen LogP contribution in [0.4, 0.5) is 101 Å². The third kappa shape index (κ3) is 56.5. The Morgan fingerprint density at radius 1 is 0.656 bits per heavy atom. The lowest BCUT2D eigenvalue weighted by Crippen LogP contribution is -2.25. The standard InChI is InChI=1S/C7H11N3S.10F2.FH/c1-10-3-2-5-6(4-10)11-7(8)9-5;10*1-2;/h2-4H2,1H3,(H2,8,9);;;;;;;;;;;1H. The van der Waals surface area contributed by atoms with Crippen LogP contribution in [0.1, 0.15) is 10.6 Å². The first-order chi connectivity index (χ1) is 15.3. The Labute approximate surface area is 167 Å². The van der Waals surface area contributed by atoms with Gasteiger partial charge in [-0.3, -0.25) is 4.70 Å². The SMILES string of the molecule is CN1CCc2nc(N)sc2C1.F.FF.FF.FF.FF.FF.FF.FF.FF.FF.FF. The second-order valence-electron chi connectivity index (χ2n) is 2.91. The molecule has 0 spiro atoms. The van der Waals surface area contributed by atoms with Crippen LogP contribution in [0.5, 0.6) is 0 Å². The second kappa shape index (κ2) is 101. The summed E-state index contributed by atoms with van der Waals surface area (Å²) in [6.07, 6.45) is 1.06. The average molecular weight is 569 g/mol. The Kier molecular flexibility index (Phi) is 200. The molecule has 2 heterocycles. The molecule has 0 radical (unpaired) electrons. The maximum atomic E-state index is 8.00. The van der Waals surface area contributed by atoms with Gasteiger partial charge in [0.15, 0.2) is 5.13 Å². The number of likely N-dealkylation sites (N-methyl/N-ethyl adjacent to an activating group) is 1. The minimum atomic E-state index is 0. The van der Waals surface area contributed by atoms with E-state index < -0.39 is 0 Å². The molecule has 0 fully saturated rings. The molecule has 1 aromatic rings. The summed E-state index contributed by atoms with van der Waals surface area (Å²) in [4.78, 5) is 7.89. The number of fused-ring (bicyclic) bond motifs is 1. The predicted molar refractivity (Wildman–Crippen MR) is 71.2 cm³/mol. The molecule has 3 nitrogen and oxygen atoms in total. The zero-order valence-corrected chi connectivity index (χ0v) is 15.3. The maximum absolute atomic E-state index is 8.00. The quantitative estimate of drug-likeness (QED) is 0.317. The Hall–Kier alpha value is -2.08. The van der Waals surface area contributed by atoms with Crippen LogP contribution >= 0.6 is 11.3 Å². The molecule has 0 atom stereocenters. The van der Waals surface area contributed by atoms with E-state index in [1.165, 1.54) is 10.6 Å². The number of hydrogen-bond donors (Lipinski definition) is 1. The number of anilines is 1. The molecule has 0 saturated carbocycles. The van der Waals surface area contributed by atoms with Crippen LogP contribution in [0.3, 0.4) is 0 Å². The molecule has 0 unspecified atom stereocenters. The number of nitrogen functional groups attached to an aromatic ring is 1. The molecule has 208 valence electrons. The zero-order valence-electron chi connectivity index (χ0n) is 14.5. The lowest BCUT2D eigenvalue weighted by atomic mass is 10.2. The van der Waals surface area contributed by atoms with Crippen LogP contribution < -0.4 is 5.73 Å². The van der Waals surface area contributed by atoms with Gasteiger partial charge in [0, 0.05) is 116 Å². The van der Waals surface area contributed by atoms with Crippen molar-refractivity contribution in [2.45, 2.75) is 13.0 Å². The van der Waals surface area contributed by atoms with Crippen LogP contribution in [0.15, 0.2) is 0 Å². The van der Waals surface area contributed by atoms with Crippen molar-refractivity contribution >= 4 is 16.5 Å². The van der Waals surface area contributed by atoms with Crippen LogP contribution in [0.25, 0.3) is 0 Å². The Balaban J connectivity index is -0.0000000249. The molecule has 0 amide bonds. The molecule has 1 aromatic heterocycles. The van der Waals surface area contributed by atoms with Gasteiger partial charge in [-0.05, 0) is 7.05 Å². The normalized spacial score (nSPS) is 8.16. The summed E-state index contributed by atoms with van der Waals surface area (Å²) in [6.45, 7) is 2.13. The van der Waals surface area contributed by atoms with E-state index in [-0.39, 0.29) is 4.70 Å². The third-order valence-electron chi connectivity index (χ3n) is 1.94. The van der Waals surface area contributed by atoms with Crippen LogP contribution in [0, 0.1) is 0 Å². The lowest BCUT2D eigenvalue weighted by molar-refractivity contribution is 0.108. The van der Waals surface area contributed by atoms with Gasteiger partial charge in [-0.1, -0.05) is 0 Å². The van der Waals surface area contributed by atoms with Crippen LogP contribution in [0.2, 0.25) is 0 Å². The second-order valence-corrected chi connectivity index (χ2v) is 4.02. The fraction of sp³-hybridized carbons (Fsp3) is 0.571. The van der Waals surface area contributed by atoms with Gasteiger partial charge < -0.3 is 10.6 Å². The molecule has 25 heteroatoms. The Morgan fingerprint density at radius 2 is 0.938 bits per heavy atom. The summed E-state index contributed by atoms with van der Waals surface area (Å²) < 4.78 is 160. The highest BCUT2D eigenvalue weighted by Crippen LogP contribution is 2.25. The lowest BCUT2D eigenvalue weighted by Gasteiger charge is -2.20. The molecule has 2 N–H and O–H groups in total. The Bertz CT molecular complexity index is 298. The number of nitrogens with two attached hydrogens (primary N) is 1. The molecule has 0 saturated heterocycles. The van der Waals surface area contributed by atoms with Gasteiger partial charge in [0.25, 0.3) is 0 Å². The van der Waals surface area contributed by atoms with E-state index >= 15 is 0 Å². The van der Waals surface area contributed by atoms with E-state index in [1.807, 2.05) is 0 Å². The molecule has 32 heavy (non-hydrogen) atoms. The van der Waals surface area contributed by atoms with E-state index in [4.69, 9.17) is 97.2 Å². The summed E-state index contributed by atoms with van der Waals surface area (Å²) in [5.74, 6) is 0. The van der Waals surface area contributed by atoms with Gasteiger partial charge >= 0.3 is 0 Å². The molecule has 2 rings (SSSR count). The minimum Gasteiger partial charge on any atom is -0.375 e.